The third-order valence-corrected chi connectivity index (χ3v) is 3.89. The van der Waals surface area contributed by atoms with Crippen LogP contribution in [0.5, 0.6) is 0 Å². The molecule has 0 radical (unpaired) electrons. The van der Waals surface area contributed by atoms with Crippen molar-refractivity contribution in [2.45, 2.75) is 32.7 Å². The van der Waals surface area contributed by atoms with Crippen LogP contribution in [0.1, 0.15) is 36.2 Å². The highest BCUT2D eigenvalue weighted by Gasteiger charge is 2.26. The van der Waals surface area contributed by atoms with E-state index in [1.807, 2.05) is 26.0 Å². The molecule has 1 atom stereocenters. The number of rotatable bonds is 8. The van der Waals surface area contributed by atoms with Gasteiger partial charge in [-0.05, 0) is 54.7 Å². The Morgan fingerprint density at radius 2 is 1.92 bits per heavy atom. The summed E-state index contributed by atoms with van der Waals surface area (Å²) >= 11 is 0. The number of aryl methyl sites for hydroxylation is 1. The van der Waals surface area contributed by atoms with Crippen LogP contribution in [-0.2, 0) is 16.0 Å². The Balaban J connectivity index is 1.84. The average Bonchev–Trinajstić information content (AvgIpc) is 2.64. The van der Waals surface area contributed by atoms with Crippen LogP contribution in [0.4, 0.5) is 4.39 Å². The molecule has 0 aliphatic heterocycles. The summed E-state index contributed by atoms with van der Waals surface area (Å²) in [5.41, 5.74) is 1.37. The smallest absolute Gasteiger partial charge is 0.328 e. The Morgan fingerprint density at radius 3 is 2.54 bits per heavy atom. The molecular formula is C20H23FN2O3. The number of pyridine rings is 1. The topological polar surface area (TPSA) is 68.3 Å². The van der Waals surface area contributed by atoms with E-state index in [9.17, 15) is 14.0 Å². The molecule has 5 nitrogen and oxygen atoms in total. The average molecular weight is 358 g/mol. The van der Waals surface area contributed by atoms with E-state index in [1.165, 1.54) is 24.3 Å². The normalized spacial score (nSPS) is 11.8. The number of amides is 1. The zero-order valence-corrected chi connectivity index (χ0v) is 14.9. The Labute approximate surface area is 152 Å². The molecule has 1 aromatic carbocycles. The predicted octanol–water partition coefficient (Wildman–Crippen LogP) is 3.15. The van der Waals surface area contributed by atoms with Gasteiger partial charge in [-0.2, -0.15) is 0 Å². The predicted molar refractivity (Wildman–Crippen MR) is 96.0 cm³/mol. The van der Waals surface area contributed by atoms with E-state index in [-0.39, 0.29) is 12.5 Å². The molecule has 2 rings (SSSR count). The highest BCUT2D eigenvalue weighted by Crippen LogP contribution is 2.09. The molecule has 1 aromatic heterocycles. The molecule has 0 aliphatic rings. The van der Waals surface area contributed by atoms with Crippen molar-refractivity contribution in [3.8, 4) is 0 Å². The summed E-state index contributed by atoms with van der Waals surface area (Å²) in [5, 5.41) is 2.66. The number of carbonyl (C=O) groups is 2. The maximum absolute atomic E-state index is 13.0. The van der Waals surface area contributed by atoms with Crippen molar-refractivity contribution >= 4 is 11.9 Å². The maximum atomic E-state index is 13.0. The number of benzene rings is 1. The summed E-state index contributed by atoms with van der Waals surface area (Å²) < 4.78 is 18.3. The van der Waals surface area contributed by atoms with Gasteiger partial charge in [0.25, 0.3) is 5.91 Å². The molecule has 1 unspecified atom stereocenters. The van der Waals surface area contributed by atoms with Gasteiger partial charge in [0.15, 0.2) is 0 Å². The van der Waals surface area contributed by atoms with E-state index in [2.05, 4.69) is 10.3 Å². The number of hydrogen-bond donors (Lipinski definition) is 1. The van der Waals surface area contributed by atoms with Crippen LogP contribution in [0.15, 0.2) is 48.8 Å². The molecule has 2 aromatic rings. The van der Waals surface area contributed by atoms with Crippen LogP contribution in [-0.4, -0.2) is 29.5 Å². The van der Waals surface area contributed by atoms with Crippen molar-refractivity contribution in [3.63, 3.8) is 0 Å². The van der Waals surface area contributed by atoms with Gasteiger partial charge < -0.3 is 10.1 Å². The minimum Gasteiger partial charge on any atom is -0.464 e. The fourth-order valence-corrected chi connectivity index (χ4v) is 2.41. The lowest BCUT2D eigenvalue weighted by Gasteiger charge is -2.21. The summed E-state index contributed by atoms with van der Waals surface area (Å²) in [7, 11) is 0. The van der Waals surface area contributed by atoms with E-state index < -0.39 is 23.7 Å². The van der Waals surface area contributed by atoms with Crippen LogP contribution in [0.3, 0.4) is 0 Å². The highest BCUT2D eigenvalue weighted by molar-refractivity contribution is 5.96. The number of carbonyl (C=O) groups excluding carboxylic acids is 2. The second-order valence-corrected chi connectivity index (χ2v) is 6.33. The summed E-state index contributed by atoms with van der Waals surface area (Å²) in [4.78, 5) is 28.6. The van der Waals surface area contributed by atoms with Crippen molar-refractivity contribution in [1.82, 2.24) is 10.3 Å². The lowest BCUT2D eigenvalue weighted by atomic mass is 10.0. The first-order valence-electron chi connectivity index (χ1n) is 8.59. The second kappa shape index (κ2) is 9.65. The first-order chi connectivity index (χ1) is 12.5. The van der Waals surface area contributed by atoms with Crippen molar-refractivity contribution in [1.29, 1.82) is 0 Å². The Bertz CT molecular complexity index is 718. The number of hydrogen-bond acceptors (Lipinski definition) is 4. The molecule has 1 amide bonds. The van der Waals surface area contributed by atoms with Crippen molar-refractivity contribution in [3.05, 3.63) is 65.7 Å². The number of aromatic nitrogens is 1. The molecule has 138 valence electrons. The summed E-state index contributed by atoms with van der Waals surface area (Å²) in [5.74, 6) is -1.46. The number of esters is 1. The molecule has 0 spiro atoms. The lowest BCUT2D eigenvalue weighted by molar-refractivity contribution is -0.147. The Kier molecular flexibility index (Phi) is 7.26. The fraction of sp³-hybridized carbons (Fsp3) is 0.350. The van der Waals surface area contributed by atoms with Gasteiger partial charge in [-0.3, -0.25) is 9.78 Å². The lowest BCUT2D eigenvalue weighted by Crippen LogP contribution is -2.45. The van der Waals surface area contributed by atoms with Crippen LogP contribution in [0.2, 0.25) is 0 Å². The molecule has 0 saturated carbocycles. The number of nitrogens with one attached hydrogen (secondary N) is 1. The van der Waals surface area contributed by atoms with E-state index >= 15 is 0 Å². The molecule has 0 saturated heterocycles. The van der Waals surface area contributed by atoms with Gasteiger partial charge in [-0.15, -0.1) is 0 Å². The minimum atomic E-state index is -0.758. The molecule has 1 N–H and O–H groups in total. The van der Waals surface area contributed by atoms with Gasteiger partial charge in [0.1, 0.15) is 11.9 Å². The molecule has 0 fully saturated rings. The number of nitrogens with zero attached hydrogens (tertiary/aromatic N) is 1. The molecule has 26 heavy (non-hydrogen) atoms. The summed E-state index contributed by atoms with van der Waals surface area (Å²) in [6.07, 6.45) is 4.92. The van der Waals surface area contributed by atoms with E-state index in [1.54, 1.807) is 12.4 Å². The van der Waals surface area contributed by atoms with E-state index in [0.29, 0.717) is 12.0 Å². The van der Waals surface area contributed by atoms with Gasteiger partial charge in [0.05, 0.1) is 6.61 Å². The van der Waals surface area contributed by atoms with Gasteiger partial charge in [-0.25, -0.2) is 9.18 Å². The summed E-state index contributed by atoms with van der Waals surface area (Å²) in [6.45, 7) is 3.92. The highest BCUT2D eigenvalue weighted by atomic mass is 19.1. The maximum Gasteiger partial charge on any atom is 0.328 e. The summed E-state index contributed by atoms with van der Waals surface area (Å²) in [6, 6.07) is 8.23. The van der Waals surface area contributed by atoms with Crippen LogP contribution < -0.4 is 5.32 Å². The third kappa shape index (κ3) is 5.95. The van der Waals surface area contributed by atoms with Gasteiger partial charge >= 0.3 is 5.97 Å². The zero-order chi connectivity index (χ0) is 18.9. The van der Waals surface area contributed by atoms with Crippen LogP contribution in [0.25, 0.3) is 0 Å². The van der Waals surface area contributed by atoms with Gasteiger partial charge in [0.2, 0.25) is 0 Å². The zero-order valence-electron chi connectivity index (χ0n) is 14.9. The number of halogens is 1. The molecule has 0 aliphatic carbocycles. The SMILES string of the molecule is CC(C)C(NC(=O)c1ccc(F)cc1)C(=O)OCCCc1cccnc1. The molecule has 6 heteroatoms. The Hall–Kier alpha value is -2.76. The van der Waals surface area contributed by atoms with Crippen LogP contribution >= 0.6 is 0 Å². The molecular weight excluding hydrogens is 335 g/mol. The van der Waals surface area contributed by atoms with E-state index in [4.69, 9.17) is 4.74 Å². The van der Waals surface area contributed by atoms with Crippen LogP contribution in [0, 0.1) is 11.7 Å². The van der Waals surface area contributed by atoms with Crippen molar-refractivity contribution in [2.75, 3.05) is 6.61 Å². The fourth-order valence-electron chi connectivity index (χ4n) is 2.41. The second-order valence-electron chi connectivity index (χ2n) is 6.33. The third-order valence-electron chi connectivity index (χ3n) is 3.89. The quantitative estimate of drug-likeness (QED) is 0.581. The monoisotopic (exact) mass is 358 g/mol. The first kappa shape index (κ1) is 19.6. The van der Waals surface area contributed by atoms with Crippen molar-refractivity contribution in [2.24, 2.45) is 5.92 Å². The van der Waals surface area contributed by atoms with Crippen molar-refractivity contribution < 1.29 is 18.7 Å². The Morgan fingerprint density at radius 1 is 1.19 bits per heavy atom. The van der Waals surface area contributed by atoms with Gasteiger partial charge in [0, 0.05) is 18.0 Å². The molecule has 0 bridgehead atoms. The largest absolute Gasteiger partial charge is 0.464 e. The van der Waals surface area contributed by atoms with E-state index in [0.717, 1.165) is 12.0 Å². The standard InChI is InChI=1S/C20H23FN2O3/c1-14(2)18(23-19(24)16-7-9-17(21)10-8-16)20(25)26-12-4-6-15-5-3-11-22-13-15/h3,5,7-11,13-14,18H,4,6,12H2,1-2H3,(H,23,24). The number of ether oxygens (including phenoxy) is 1. The first-order valence-corrected chi connectivity index (χ1v) is 8.59. The minimum absolute atomic E-state index is 0.134. The molecule has 1 heterocycles. The van der Waals surface area contributed by atoms with Gasteiger partial charge in [-0.1, -0.05) is 19.9 Å².